The first-order valence-corrected chi connectivity index (χ1v) is 19.4. The van der Waals surface area contributed by atoms with Gasteiger partial charge in [-0.3, -0.25) is 23.4 Å². The quantitative estimate of drug-likeness (QED) is 0.0262. The van der Waals surface area contributed by atoms with E-state index in [1.54, 1.807) is 0 Å². The molecule has 0 fully saturated rings. The molecule has 0 aromatic carbocycles. The maximum absolute atomic E-state index is 12.4. The van der Waals surface area contributed by atoms with E-state index in [9.17, 15) is 23.8 Å². The van der Waals surface area contributed by atoms with E-state index < -0.39 is 51.1 Å². The Balaban J connectivity index is 4.44. The number of rotatable bonds is 33. The van der Waals surface area contributed by atoms with Gasteiger partial charge in [0.15, 0.2) is 6.10 Å². The van der Waals surface area contributed by atoms with Crippen LogP contribution in [0, 0.1) is 0 Å². The zero-order chi connectivity index (χ0) is 35.0. The molecule has 0 amide bonds. The van der Waals surface area contributed by atoms with E-state index in [0.717, 1.165) is 64.2 Å². The zero-order valence-corrected chi connectivity index (χ0v) is 30.0. The average molecular weight is 690 g/mol. The first-order valence-electron chi connectivity index (χ1n) is 17.9. The lowest BCUT2D eigenvalue weighted by atomic mass is 10.1. The number of esters is 2. The van der Waals surface area contributed by atoms with Gasteiger partial charge in [0.2, 0.25) is 0 Å². The molecular weight excluding hydrogens is 625 g/mol. The van der Waals surface area contributed by atoms with Crippen molar-refractivity contribution in [2.24, 2.45) is 5.73 Å². The number of unbranched alkanes of at least 4 members (excludes halogenated alkanes) is 15. The number of carboxylic acids is 1. The Morgan fingerprint density at radius 3 is 1.70 bits per heavy atom. The Kier molecular flexibility index (Phi) is 29.9. The number of hydrogen-bond donors (Lipinski definition) is 3. The number of carboxylic acid groups (broad SMARTS) is 1. The normalized spacial score (nSPS) is 14.3. The van der Waals surface area contributed by atoms with E-state index in [0.29, 0.717) is 12.8 Å². The van der Waals surface area contributed by atoms with Crippen LogP contribution in [0.25, 0.3) is 0 Å². The SMILES string of the molecule is CCCCC/C=C/C/C=C/CCCCCCCC(=O)OC[C@@H](COP(=O)(O)OC[C@@H](N)C(=O)O)OC(=O)CCCCCCCCCC. The van der Waals surface area contributed by atoms with Gasteiger partial charge in [-0.15, -0.1) is 0 Å². The van der Waals surface area contributed by atoms with Crippen LogP contribution in [-0.2, 0) is 37.5 Å². The highest BCUT2D eigenvalue weighted by Crippen LogP contribution is 2.43. The minimum Gasteiger partial charge on any atom is -0.480 e. The molecule has 12 heteroatoms. The van der Waals surface area contributed by atoms with Gasteiger partial charge in [0, 0.05) is 12.8 Å². The minimum absolute atomic E-state index is 0.159. The molecule has 0 bridgehead atoms. The summed E-state index contributed by atoms with van der Waals surface area (Å²) >= 11 is 0. The lowest BCUT2D eigenvalue weighted by molar-refractivity contribution is -0.161. The van der Waals surface area contributed by atoms with Crippen molar-refractivity contribution < 1.29 is 47.5 Å². The van der Waals surface area contributed by atoms with E-state index in [2.05, 4.69) is 42.7 Å². The van der Waals surface area contributed by atoms with Crippen molar-refractivity contribution in [2.75, 3.05) is 19.8 Å². The Morgan fingerprint density at radius 2 is 1.13 bits per heavy atom. The highest BCUT2D eigenvalue weighted by atomic mass is 31.2. The van der Waals surface area contributed by atoms with Crippen molar-refractivity contribution in [3.63, 3.8) is 0 Å². The van der Waals surface area contributed by atoms with Gasteiger partial charge < -0.3 is 25.2 Å². The third-order valence-corrected chi connectivity index (χ3v) is 8.40. The van der Waals surface area contributed by atoms with E-state index in [1.165, 1.54) is 44.9 Å². The number of carbonyl (C=O) groups excluding carboxylic acids is 2. The number of aliphatic carboxylic acids is 1. The molecule has 47 heavy (non-hydrogen) atoms. The van der Waals surface area contributed by atoms with Crippen LogP contribution in [0.15, 0.2) is 24.3 Å². The van der Waals surface area contributed by atoms with Gasteiger partial charge in [0.1, 0.15) is 12.6 Å². The third-order valence-electron chi connectivity index (χ3n) is 7.45. The lowest BCUT2D eigenvalue weighted by Crippen LogP contribution is -2.34. The van der Waals surface area contributed by atoms with E-state index in [4.69, 9.17) is 24.8 Å². The first kappa shape index (κ1) is 45.0. The van der Waals surface area contributed by atoms with Crippen LogP contribution in [0.1, 0.15) is 149 Å². The smallest absolute Gasteiger partial charge is 0.472 e. The van der Waals surface area contributed by atoms with Crippen LogP contribution in [-0.4, -0.2) is 59.9 Å². The summed E-state index contributed by atoms with van der Waals surface area (Å²) in [5, 5.41) is 8.83. The highest BCUT2D eigenvalue weighted by molar-refractivity contribution is 7.47. The molecule has 1 unspecified atom stereocenters. The molecule has 0 aliphatic rings. The molecule has 0 aliphatic heterocycles. The fourth-order valence-electron chi connectivity index (χ4n) is 4.56. The second-order valence-electron chi connectivity index (χ2n) is 12.0. The molecule has 0 rings (SSSR count). The van der Waals surface area contributed by atoms with Gasteiger partial charge in [-0.05, 0) is 44.9 Å². The average Bonchev–Trinajstić information content (AvgIpc) is 3.04. The van der Waals surface area contributed by atoms with Crippen LogP contribution in [0.3, 0.4) is 0 Å². The number of ether oxygens (including phenoxy) is 2. The molecule has 3 atom stereocenters. The number of nitrogens with two attached hydrogens (primary N) is 1. The molecular formula is C35H64NO10P. The highest BCUT2D eigenvalue weighted by Gasteiger charge is 2.28. The lowest BCUT2D eigenvalue weighted by Gasteiger charge is -2.20. The largest absolute Gasteiger partial charge is 0.480 e. The standard InChI is InChI=1S/C35H64NO10P/c1-3-5-7-9-11-13-14-15-16-17-18-19-21-22-24-26-33(37)43-28-31(29-44-47(41,42)45-30-32(36)35(39)40)46-34(38)27-25-23-20-12-10-8-6-4-2/h11,13,15-16,31-32H,3-10,12,14,17-30,36H2,1-2H3,(H,39,40)(H,41,42)/b13-11+,16-15+/t31-,32+/m0/s1. The number of phosphoric ester groups is 1. The molecule has 4 N–H and O–H groups in total. The van der Waals surface area contributed by atoms with Crippen molar-refractivity contribution >= 4 is 25.7 Å². The molecule has 0 spiro atoms. The Labute approximate surface area is 283 Å². The van der Waals surface area contributed by atoms with Gasteiger partial charge >= 0.3 is 25.7 Å². The predicted molar refractivity (Wildman–Crippen MR) is 185 cm³/mol. The molecule has 11 nitrogen and oxygen atoms in total. The van der Waals surface area contributed by atoms with Crippen LogP contribution < -0.4 is 5.73 Å². The third kappa shape index (κ3) is 31.0. The maximum Gasteiger partial charge on any atom is 0.472 e. The summed E-state index contributed by atoms with van der Waals surface area (Å²) in [4.78, 5) is 45.5. The zero-order valence-electron chi connectivity index (χ0n) is 29.1. The summed E-state index contributed by atoms with van der Waals surface area (Å²) in [7, 11) is -4.70. The first-order chi connectivity index (χ1) is 22.6. The van der Waals surface area contributed by atoms with E-state index in [1.807, 2.05) is 0 Å². The summed E-state index contributed by atoms with van der Waals surface area (Å²) in [6.45, 7) is 2.69. The van der Waals surface area contributed by atoms with E-state index in [-0.39, 0.29) is 19.4 Å². The molecule has 0 radical (unpaired) electrons. The molecule has 0 heterocycles. The van der Waals surface area contributed by atoms with Crippen LogP contribution >= 0.6 is 7.82 Å². The Bertz CT molecular complexity index is 911. The van der Waals surface area contributed by atoms with Crippen LogP contribution in [0.2, 0.25) is 0 Å². The van der Waals surface area contributed by atoms with Crippen LogP contribution in [0.4, 0.5) is 0 Å². The van der Waals surface area contributed by atoms with Crippen LogP contribution in [0.5, 0.6) is 0 Å². The fourth-order valence-corrected chi connectivity index (χ4v) is 5.34. The molecule has 0 aromatic rings. The second-order valence-corrected chi connectivity index (χ2v) is 13.5. The molecule has 0 aromatic heterocycles. The predicted octanol–water partition coefficient (Wildman–Crippen LogP) is 8.33. The van der Waals surface area contributed by atoms with Crippen molar-refractivity contribution in [3.8, 4) is 0 Å². The Hall–Kier alpha value is -2.04. The summed E-state index contributed by atoms with van der Waals surface area (Å²) in [5.41, 5.74) is 5.30. The number of carbonyl (C=O) groups is 3. The summed E-state index contributed by atoms with van der Waals surface area (Å²) in [5.74, 6) is -2.40. The number of hydrogen-bond acceptors (Lipinski definition) is 9. The van der Waals surface area contributed by atoms with Gasteiger partial charge in [-0.25, -0.2) is 4.57 Å². The van der Waals surface area contributed by atoms with Crippen molar-refractivity contribution in [1.82, 2.24) is 0 Å². The van der Waals surface area contributed by atoms with Gasteiger partial charge in [0.25, 0.3) is 0 Å². The number of allylic oxidation sites excluding steroid dienone is 4. The van der Waals surface area contributed by atoms with Gasteiger partial charge in [-0.2, -0.15) is 0 Å². The summed E-state index contributed by atoms with van der Waals surface area (Å²) < 4.78 is 32.4. The van der Waals surface area contributed by atoms with Gasteiger partial charge in [0.05, 0.1) is 13.2 Å². The molecule has 0 saturated heterocycles. The molecule has 0 aliphatic carbocycles. The minimum atomic E-state index is -4.70. The monoisotopic (exact) mass is 689 g/mol. The van der Waals surface area contributed by atoms with E-state index >= 15 is 0 Å². The second kappa shape index (κ2) is 31.2. The maximum atomic E-state index is 12.4. The van der Waals surface area contributed by atoms with Crippen molar-refractivity contribution in [1.29, 1.82) is 0 Å². The molecule has 274 valence electrons. The fraction of sp³-hybridized carbons (Fsp3) is 0.800. The van der Waals surface area contributed by atoms with Gasteiger partial charge in [-0.1, -0.05) is 115 Å². The van der Waals surface area contributed by atoms with Crippen molar-refractivity contribution in [3.05, 3.63) is 24.3 Å². The number of phosphoric acid groups is 1. The topological polar surface area (TPSA) is 172 Å². The Morgan fingerprint density at radius 1 is 0.660 bits per heavy atom. The van der Waals surface area contributed by atoms with Crippen molar-refractivity contribution in [2.45, 2.75) is 161 Å². The summed E-state index contributed by atoms with van der Waals surface area (Å²) in [6, 6.07) is -1.52. The molecule has 0 saturated carbocycles. The summed E-state index contributed by atoms with van der Waals surface area (Å²) in [6.07, 6.45) is 28.4.